The van der Waals surface area contributed by atoms with Crippen molar-refractivity contribution >= 4 is 54.1 Å². The Bertz CT molecular complexity index is 9350. The van der Waals surface area contributed by atoms with Gasteiger partial charge in [0.25, 0.3) is 0 Å². The Balaban J connectivity index is 0.000000112. The second-order valence-electron chi connectivity index (χ2n) is 40.6. The Hall–Kier alpha value is -18.0. The van der Waals surface area contributed by atoms with E-state index in [0.29, 0.717) is 52.4 Å². The van der Waals surface area contributed by atoms with Crippen LogP contribution < -0.4 is 0 Å². The molecule has 0 amide bonds. The second kappa shape index (κ2) is 34.5. The van der Waals surface area contributed by atoms with Crippen LogP contribution in [0.2, 0.25) is 0 Å². The molecule has 4 aromatic heterocycles. The maximum absolute atomic E-state index is 5.36. The molecule has 0 N–H and O–H groups in total. The van der Waals surface area contributed by atoms with E-state index >= 15 is 0 Å². The first-order valence-electron chi connectivity index (χ1n) is 50.0. The Labute approximate surface area is 843 Å². The molecule has 24 aromatic rings. The first kappa shape index (κ1) is 87.3. The summed E-state index contributed by atoms with van der Waals surface area (Å²) in [6.45, 7) is 18.6. The summed E-state index contributed by atoms with van der Waals surface area (Å²) in [5.41, 5.74) is 37.6. The Morgan fingerprint density at radius 3 is 1.03 bits per heavy atom. The van der Waals surface area contributed by atoms with Gasteiger partial charge in [0.05, 0.1) is 11.0 Å². The van der Waals surface area contributed by atoms with E-state index in [-0.39, 0.29) is 21.7 Å². The molecule has 0 aliphatic heterocycles. The molecule has 0 atom stereocenters. The van der Waals surface area contributed by atoms with Gasteiger partial charge in [-0.05, 0) is 192 Å². The van der Waals surface area contributed by atoms with Gasteiger partial charge in [0.1, 0.15) is 0 Å². The van der Waals surface area contributed by atoms with Crippen LogP contribution in [0.1, 0.15) is 99.9 Å². The second-order valence-corrected chi connectivity index (χ2v) is 40.6. The molecular formula is C135H98N10. The van der Waals surface area contributed by atoms with E-state index in [1.165, 1.54) is 127 Å². The van der Waals surface area contributed by atoms with Gasteiger partial charge < -0.3 is 4.57 Å². The van der Waals surface area contributed by atoms with Crippen LogP contribution >= 0.6 is 0 Å². The zero-order chi connectivity index (χ0) is 97.6. The van der Waals surface area contributed by atoms with Crippen LogP contribution in [0, 0.1) is 0 Å². The number of hydrogen-bond acceptors (Lipinski definition) is 9. The predicted octanol–water partition coefficient (Wildman–Crippen LogP) is 33.7. The molecule has 10 nitrogen and oxygen atoms in total. The quantitative estimate of drug-likeness (QED) is 0.118. The molecule has 4 heterocycles. The number of fused-ring (bicyclic) bond motifs is 21. The van der Waals surface area contributed by atoms with Gasteiger partial charge in [-0.1, -0.05) is 456 Å². The van der Waals surface area contributed by atoms with Crippen LogP contribution in [-0.4, -0.2) is 49.4 Å². The molecular weight excluding hydrogens is 1760 g/mol. The highest BCUT2D eigenvalue weighted by Crippen LogP contribution is 2.57. The van der Waals surface area contributed by atoms with Crippen molar-refractivity contribution in [2.75, 3.05) is 0 Å². The Morgan fingerprint density at radius 1 is 0.159 bits per heavy atom. The third-order valence-corrected chi connectivity index (χ3v) is 30.6. The van der Waals surface area contributed by atoms with Gasteiger partial charge in [-0.3, -0.25) is 0 Å². The van der Waals surface area contributed by atoms with Crippen LogP contribution in [0.5, 0.6) is 0 Å². The molecule has 145 heavy (non-hydrogen) atoms. The van der Waals surface area contributed by atoms with Crippen molar-refractivity contribution in [1.29, 1.82) is 0 Å². The molecule has 0 unspecified atom stereocenters. The van der Waals surface area contributed by atoms with Crippen molar-refractivity contribution in [3.63, 3.8) is 0 Å². The first-order chi connectivity index (χ1) is 70.9. The van der Waals surface area contributed by atoms with Gasteiger partial charge in [-0.2, -0.15) is 0 Å². The summed E-state index contributed by atoms with van der Waals surface area (Å²) < 4.78 is 2.34. The lowest BCUT2D eigenvalue weighted by Gasteiger charge is -2.23. The number of aromatic nitrogens is 10. The van der Waals surface area contributed by atoms with E-state index in [0.717, 1.165) is 94.3 Å². The number of nitrogens with zero attached hydrogens (tertiary/aromatic N) is 10. The fourth-order valence-electron chi connectivity index (χ4n) is 23.6. The van der Waals surface area contributed by atoms with E-state index in [1.54, 1.807) is 0 Å². The molecule has 20 aromatic carbocycles. The minimum atomic E-state index is -0.152. The third kappa shape index (κ3) is 14.7. The van der Waals surface area contributed by atoms with Crippen molar-refractivity contribution in [2.45, 2.75) is 77.0 Å². The van der Waals surface area contributed by atoms with Crippen molar-refractivity contribution in [1.82, 2.24) is 49.4 Å². The lowest BCUT2D eigenvalue weighted by Crippen LogP contribution is -2.15. The first-order valence-corrected chi connectivity index (χ1v) is 50.0. The lowest BCUT2D eigenvalue weighted by molar-refractivity contribution is 0.660. The Kier molecular flexibility index (Phi) is 20.7. The molecule has 0 bridgehead atoms. The van der Waals surface area contributed by atoms with Crippen molar-refractivity contribution in [3.05, 3.63) is 493 Å². The average Bonchev–Trinajstić information content (AvgIpc) is 1.57. The van der Waals surface area contributed by atoms with Crippen molar-refractivity contribution in [3.8, 4) is 175 Å². The van der Waals surface area contributed by atoms with E-state index < -0.39 is 0 Å². The molecule has 0 saturated carbocycles. The van der Waals surface area contributed by atoms with Gasteiger partial charge in [0.2, 0.25) is 0 Å². The maximum Gasteiger partial charge on any atom is 0.166 e. The number of hydrogen-bond donors (Lipinski definition) is 0. The fraction of sp³-hybridized carbons (Fsp3) is 0.0889. The van der Waals surface area contributed by atoms with E-state index in [9.17, 15) is 0 Å². The van der Waals surface area contributed by atoms with Gasteiger partial charge >= 0.3 is 0 Å². The zero-order valence-corrected chi connectivity index (χ0v) is 81.7. The third-order valence-electron chi connectivity index (χ3n) is 30.6. The van der Waals surface area contributed by atoms with Gasteiger partial charge in [-0.15, -0.1) is 0 Å². The number of rotatable bonds is 12. The standard InChI is InChI=1S/C52H36N4.C43H33N3.C40H29N3/c1-52(2)45-22-11-9-18-39(45)41-31-30-35-26-29-37(32-44(35)47(41)52)50-53-49(36-27-24-34(25-28-36)33-14-5-3-6-15-33)54-51(55-50)43-21-13-20-42-40-19-10-12-23-46(40)56(48(42)43)38-16-7-4-8-17-38;1-42(2)35-16-10-8-14-31(35)33-22-20-29(25-37(33)42)41-45-39(26-12-6-5-7-13-26)44-40(46-41)28-19-21-30-27(24-28)18-23-34-32-15-9-11-17-36(32)43(3,4)38(30)34;1-40(2)35-22-10-9-19-31(35)33-24-23-30-32(36(33)40)20-12-21-34(30)39-42-37(27-15-7-4-8-16-27)41-38(43-39)29-18-11-17-28(25-29)26-13-5-3-6-14-26/h3-32H,1-2H3;5-25H,1-4H3;3-25H,1-2H3. The van der Waals surface area contributed by atoms with Crippen molar-refractivity contribution in [2.24, 2.45) is 0 Å². The minimum absolute atomic E-state index is 0.0746. The van der Waals surface area contributed by atoms with E-state index in [4.69, 9.17) is 44.9 Å². The van der Waals surface area contributed by atoms with Crippen LogP contribution in [0.3, 0.4) is 0 Å². The molecule has 0 radical (unpaired) electrons. The summed E-state index contributed by atoms with van der Waals surface area (Å²) in [6, 6.07) is 159. The monoisotopic (exact) mass is 1860 g/mol. The SMILES string of the molecule is CC1(C)c2ccccc2-c2ccc(-c3nc(-c4ccccc4)nc(-c4ccc5c6c(ccc5c4)-c4ccccc4C6(C)C)n3)cc21.CC1(C)c2ccccc2-c2ccc3c(-c4nc(-c5ccccc5)nc(-c5cccc(-c6ccccc6)c5)n4)cccc3c21.CC1(C)c2ccccc2-c2ccc3ccc(-c4nc(-c5ccc(-c6ccccc6)cc5)nc(-c5cccc6c7ccccc7n(-c7ccccc7)c56)n4)cc3c21. The summed E-state index contributed by atoms with van der Waals surface area (Å²) in [5, 5.41) is 9.63. The van der Waals surface area contributed by atoms with Crippen LogP contribution in [-0.2, 0) is 21.7 Å². The molecule has 4 aliphatic carbocycles. The highest BCUT2D eigenvalue weighted by atomic mass is 15.1. The maximum atomic E-state index is 5.36. The summed E-state index contributed by atoms with van der Waals surface area (Å²) in [5.74, 6) is 5.94. The van der Waals surface area contributed by atoms with Crippen LogP contribution in [0.4, 0.5) is 0 Å². The number of para-hydroxylation sites is 3. The van der Waals surface area contributed by atoms with E-state index in [1.807, 2.05) is 48.5 Å². The highest BCUT2D eigenvalue weighted by Gasteiger charge is 2.42. The smallest absolute Gasteiger partial charge is 0.166 e. The molecule has 688 valence electrons. The topological polar surface area (TPSA) is 121 Å². The van der Waals surface area contributed by atoms with Gasteiger partial charge in [0.15, 0.2) is 52.4 Å². The fourth-order valence-corrected chi connectivity index (χ4v) is 23.6. The molecule has 0 saturated heterocycles. The summed E-state index contributed by atoms with van der Waals surface area (Å²) in [4.78, 5) is 46.4. The van der Waals surface area contributed by atoms with Gasteiger partial charge in [-0.25, -0.2) is 44.9 Å². The zero-order valence-electron chi connectivity index (χ0n) is 81.7. The molecule has 10 heteroatoms. The van der Waals surface area contributed by atoms with Gasteiger partial charge in [0, 0.05) is 88.2 Å². The minimum Gasteiger partial charge on any atom is -0.309 e. The molecule has 4 aliphatic rings. The normalized spacial score (nSPS) is 13.6. The highest BCUT2D eigenvalue weighted by molar-refractivity contribution is 6.14. The summed E-state index contributed by atoms with van der Waals surface area (Å²) in [6.07, 6.45) is 0. The van der Waals surface area contributed by atoms with Crippen molar-refractivity contribution < 1.29 is 0 Å². The Morgan fingerprint density at radius 2 is 0.469 bits per heavy atom. The van der Waals surface area contributed by atoms with Crippen LogP contribution in [0.15, 0.2) is 449 Å². The lowest BCUT2D eigenvalue weighted by atomic mass is 9.80. The van der Waals surface area contributed by atoms with Crippen LogP contribution in [0.25, 0.3) is 229 Å². The number of benzene rings is 20. The average molecular weight is 1860 g/mol. The molecule has 28 rings (SSSR count). The van der Waals surface area contributed by atoms with E-state index in [2.05, 4.69) is 460 Å². The predicted molar refractivity (Wildman–Crippen MR) is 596 cm³/mol. The largest absolute Gasteiger partial charge is 0.309 e. The summed E-state index contributed by atoms with van der Waals surface area (Å²) >= 11 is 0. The molecule has 0 spiro atoms. The summed E-state index contributed by atoms with van der Waals surface area (Å²) in [7, 11) is 0. The molecule has 0 fully saturated rings.